The predicted octanol–water partition coefficient (Wildman–Crippen LogP) is 2.95. The average molecular weight is 302 g/mol. The van der Waals surface area contributed by atoms with Gasteiger partial charge in [-0.2, -0.15) is 0 Å². The van der Waals surface area contributed by atoms with Crippen LogP contribution in [-0.2, 0) is 0 Å². The summed E-state index contributed by atoms with van der Waals surface area (Å²) >= 11 is 5.76. The Kier molecular flexibility index (Phi) is 4.45. The van der Waals surface area contributed by atoms with Crippen molar-refractivity contribution in [1.29, 1.82) is 0 Å². The second-order valence-electron chi connectivity index (χ2n) is 5.22. The molecule has 1 fully saturated rings. The van der Waals surface area contributed by atoms with Crippen LogP contribution in [0.4, 0.5) is 15.8 Å². The standard InChI is InChI=1S/C13H17ClFN3O2/c1-8(16)9-3-2-4-17(7-9)12-5-10(14)11(15)6-13(12)18(19)20/h5-6,8-9H,2-4,7,16H2,1H3. The topological polar surface area (TPSA) is 72.4 Å². The summed E-state index contributed by atoms with van der Waals surface area (Å²) in [6, 6.07) is 2.24. The largest absolute Gasteiger partial charge is 0.366 e. The van der Waals surface area contributed by atoms with E-state index >= 15 is 0 Å². The Labute approximate surface area is 121 Å². The van der Waals surface area contributed by atoms with Crippen LogP contribution in [0, 0.1) is 21.8 Å². The van der Waals surface area contributed by atoms with Crippen molar-refractivity contribution in [1.82, 2.24) is 0 Å². The summed E-state index contributed by atoms with van der Waals surface area (Å²) in [6.45, 7) is 3.24. The first-order valence-corrected chi connectivity index (χ1v) is 6.92. The highest BCUT2D eigenvalue weighted by molar-refractivity contribution is 6.31. The van der Waals surface area contributed by atoms with Gasteiger partial charge in [-0.25, -0.2) is 4.39 Å². The van der Waals surface area contributed by atoms with Gasteiger partial charge in [-0.3, -0.25) is 10.1 Å². The molecule has 5 nitrogen and oxygen atoms in total. The lowest BCUT2D eigenvalue weighted by molar-refractivity contribution is -0.384. The number of rotatable bonds is 3. The molecular weight excluding hydrogens is 285 g/mol. The number of hydrogen-bond donors (Lipinski definition) is 1. The van der Waals surface area contributed by atoms with Crippen LogP contribution in [0.2, 0.25) is 5.02 Å². The van der Waals surface area contributed by atoms with Crippen LogP contribution >= 0.6 is 11.6 Å². The van der Waals surface area contributed by atoms with Crippen LogP contribution in [0.5, 0.6) is 0 Å². The lowest BCUT2D eigenvalue weighted by Gasteiger charge is -2.35. The molecule has 1 heterocycles. The van der Waals surface area contributed by atoms with Crippen molar-refractivity contribution < 1.29 is 9.31 Å². The van der Waals surface area contributed by atoms with Crippen molar-refractivity contribution in [2.75, 3.05) is 18.0 Å². The number of nitrogens with zero attached hydrogens (tertiary/aromatic N) is 2. The molecule has 20 heavy (non-hydrogen) atoms. The van der Waals surface area contributed by atoms with Gasteiger partial charge in [-0.05, 0) is 31.7 Å². The molecule has 2 N–H and O–H groups in total. The number of piperidine rings is 1. The van der Waals surface area contributed by atoms with Gasteiger partial charge >= 0.3 is 0 Å². The SMILES string of the molecule is CC(N)C1CCCN(c2cc(Cl)c(F)cc2[N+](=O)[O-])C1. The highest BCUT2D eigenvalue weighted by Gasteiger charge is 2.28. The fourth-order valence-electron chi connectivity index (χ4n) is 2.58. The van der Waals surface area contributed by atoms with Crippen LogP contribution in [-0.4, -0.2) is 24.1 Å². The summed E-state index contributed by atoms with van der Waals surface area (Å²) in [6.07, 6.45) is 1.90. The highest BCUT2D eigenvalue weighted by Crippen LogP contribution is 2.35. The van der Waals surface area contributed by atoms with Crippen molar-refractivity contribution in [3.05, 3.63) is 33.1 Å². The van der Waals surface area contributed by atoms with E-state index in [0.29, 0.717) is 18.8 Å². The fourth-order valence-corrected chi connectivity index (χ4v) is 2.74. The highest BCUT2D eigenvalue weighted by atomic mass is 35.5. The van der Waals surface area contributed by atoms with E-state index in [1.807, 2.05) is 11.8 Å². The van der Waals surface area contributed by atoms with Gasteiger partial charge in [0.2, 0.25) is 0 Å². The number of benzene rings is 1. The van der Waals surface area contributed by atoms with E-state index in [1.54, 1.807) is 0 Å². The van der Waals surface area contributed by atoms with Crippen LogP contribution < -0.4 is 10.6 Å². The maximum absolute atomic E-state index is 13.4. The van der Waals surface area contributed by atoms with E-state index < -0.39 is 10.7 Å². The Morgan fingerprint density at radius 3 is 2.90 bits per heavy atom. The lowest BCUT2D eigenvalue weighted by atomic mass is 9.92. The number of halogens is 2. The smallest absolute Gasteiger partial charge is 0.295 e. The molecule has 1 aliphatic rings. The Bertz CT molecular complexity index is 525. The molecule has 110 valence electrons. The number of anilines is 1. The van der Waals surface area contributed by atoms with Crippen LogP contribution in [0.15, 0.2) is 12.1 Å². The number of nitro benzene ring substituents is 1. The third kappa shape index (κ3) is 3.02. The van der Waals surface area contributed by atoms with Gasteiger partial charge in [0.25, 0.3) is 5.69 Å². The fraction of sp³-hybridized carbons (Fsp3) is 0.538. The minimum atomic E-state index is -0.775. The van der Waals surface area contributed by atoms with Crippen molar-refractivity contribution >= 4 is 23.0 Å². The quantitative estimate of drug-likeness (QED) is 0.688. The molecule has 7 heteroatoms. The van der Waals surface area contributed by atoms with Gasteiger partial charge in [-0.1, -0.05) is 11.6 Å². The van der Waals surface area contributed by atoms with Crippen LogP contribution in [0.3, 0.4) is 0 Å². The summed E-state index contributed by atoms with van der Waals surface area (Å²) in [4.78, 5) is 12.4. The molecule has 0 amide bonds. The maximum atomic E-state index is 13.4. The first-order valence-electron chi connectivity index (χ1n) is 6.54. The van der Waals surface area contributed by atoms with E-state index in [1.165, 1.54) is 6.07 Å². The van der Waals surface area contributed by atoms with E-state index in [-0.39, 0.29) is 22.7 Å². The Morgan fingerprint density at radius 2 is 2.30 bits per heavy atom. The molecule has 0 aromatic heterocycles. The molecule has 1 aliphatic heterocycles. The van der Waals surface area contributed by atoms with E-state index in [4.69, 9.17) is 17.3 Å². The normalized spacial score (nSPS) is 20.8. The molecule has 1 aromatic carbocycles. The van der Waals surface area contributed by atoms with Crippen molar-refractivity contribution in [3.63, 3.8) is 0 Å². The molecule has 2 rings (SSSR count). The first-order chi connectivity index (χ1) is 9.40. The van der Waals surface area contributed by atoms with E-state index in [9.17, 15) is 14.5 Å². The van der Waals surface area contributed by atoms with Gasteiger partial charge in [-0.15, -0.1) is 0 Å². The van der Waals surface area contributed by atoms with Gasteiger partial charge in [0.15, 0.2) is 0 Å². The van der Waals surface area contributed by atoms with E-state index in [0.717, 1.165) is 18.9 Å². The van der Waals surface area contributed by atoms with Gasteiger partial charge < -0.3 is 10.6 Å². The van der Waals surface area contributed by atoms with Gasteiger partial charge in [0, 0.05) is 19.1 Å². The Balaban J connectivity index is 2.36. The zero-order chi connectivity index (χ0) is 14.9. The lowest BCUT2D eigenvalue weighted by Crippen LogP contribution is -2.42. The summed E-state index contributed by atoms with van der Waals surface area (Å²) in [5.41, 5.74) is 6.03. The molecule has 2 unspecified atom stereocenters. The second-order valence-corrected chi connectivity index (χ2v) is 5.63. The zero-order valence-electron chi connectivity index (χ0n) is 11.2. The number of hydrogen-bond acceptors (Lipinski definition) is 4. The average Bonchev–Trinajstić information content (AvgIpc) is 2.41. The number of nitro groups is 1. The Hall–Kier alpha value is -1.40. The van der Waals surface area contributed by atoms with Crippen molar-refractivity contribution in [3.8, 4) is 0 Å². The molecule has 0 aliphatic carbocycles. The molecule has 1 saturated heterocycles. The molecule has 0 radical (unpaired) electrons. The van der Waals surface area contributed by atoms with Crippen LogP contribution in [0.1, 0.15) is 19.8 Å². The number of nitrogens with two attached hydrogens (primary N) is 1. The van der Waals surface area contributed by atoms with Crippen molar-refractivity contribution in [2.45, 2.75) is 25.8 Å². The van der Waals surface area contributed by atoms with Crippen molar-refractivity contribution in [2.24, 2.45) is 11.7 Å². The van der Waals surface area contributed by atoms with Gasteiger partial charge in [0.1, 0.15) is 11.5 Å². The second kappa shape index (κ2) is 5.93. The first kappa shape index (κ1) is 15.0. The third-order valence-electron chi connectivity index (χ3n) is 3.76. The monoisotopic (exact) mass is 301 g/mol. The summed E-state index contributed by atoms with van der Waals surface area (Å²) in [7, 11) is 0. The molecular formula is C13H17ClFN3O2. The summed E-state index contributed by atoms with van der Waals surface area (Å²) in [5.74, 6) is -0.505. The van der Waals surface area contributed by atoms with Crippen LogP contribution in [0.25, 0.3) is 0 Å². The minimum absolute atomic E-state index is 0.0211. The predicted molar refractivity (Wildman–Crippen MR) is 76.7 cm³/mol. The van der Waals surface area contributed by atoms with E-state index in [2.05, 4.69) is 0 Å². The minimum Gasteiger partial charge on any atom is -0.366 e. The zero-order valence-corrected chi connectivity index (χ0v) is 11.9. The molecule has 2 atom stereocenters. The summed E-state index contributed by atoms with van der Waals surface area (Å²) < 4.78 is 13.4. The molecule has 0 saturated carbocycles. The van der Waals surface area contributed by atoms with Gasteiger partial charge in [0.05, 0.1) is 16.0 Å². The summed E-state index contributed by atoms with van der Waals surface area (Å²) in [5, 5.41) is 11.0. The molecule has 0 bridgehead atoms. The maximum Gasteiger partial charge on any atom is 0.295 e. The molecule has 0 spiro atoms. The Morgan fingerprint density at radius 1 is 1.60 bits per heavy atom. The third-order valence-corrected chi connectivity index (χ3v) is 4.05. The molecule has 1 aromatic rings.